The first-order chi connectivity index (χ1) is 26.7. The van der Waals surface area contributed by atoms with Crippen LogP contribution >= 0.6 is 22.9 Å². The fourth-order valence-electron chi connectivity index (χ4n) is 6.67. The number of rotatable bonds is 11. The highest BCUT2D eigenvalue weighted by atomic mass is 35.5. The lowest BCUT2D eigenvalue weighted by Gasteiger charge is -2.38. The number of aliphatic imine (C=N–C) groups is 1. The number of thiazole rings is 1. The fraction of sp³-hybridized carbons (Fsp3) is 0.289. The topological polar surface area (TPSA) is 146 Å². The van der Waals surface area contributed by atoms with E-state index < -0.39 is 41.0 Å². The molecule has 7 rings (SSSR count). The zero-order chi connectivity index (χ0) is 39.9. The van der Waals surface area contributed by atoms with Gasteiger partial charge in [0, 0.05) is 72.7 Å². The number of nitrogens with zero attached hydrogens (tertiary/aromatic N) is 5. The van der Waals surface area contributed by atoms with Crippen molar-refractivity contribution < 1.29 is 46.9 Å². The van der Waals surface area contributed by atoms with Crippen molar-refractivity contribution in [2.24, 2.45) is 4.99 Å². The molecule has 2 fully saturated rings. The molecule has 0 aliphatic carbocycles. The van der Waals surface area contributed by atoms with Crippen molar-refractivity contribution in [3.63, 3.8) is 0 Å². The minimum absolute atomic E-state index is 0.0105. The number of esters is 1. The average molecular weight is 811 g/mol. The molecule has 0 saturated carbocycles. The van der Waals surface area contributed by atoms with Crippen LogP contribution in [0, 0.1) is 17.5 Å². The first kappa shape index (κ1) is 38.6. The van der Waals surface area contributed by atoms with E-state index in [0.29, 0.717) is 41.7 Å². The Morgan fingerprint density at radius 1 is 1.04 bits per heavy atom. The van der Waals surface area contributed by atoms with E-state index in [1.165, 1.54) is 73.6 Å². The molecule has 2 atom stereocenters. The number of fused-ring (bicyclic) bond motifs is 1. The molecule has 0 unspecified atom stereocenters. The summed E-state index contributed by atoms with van der Waals surface area (Å²) in [5.41, 5.74) is -0.532. The highest BCUT2D eigenvalue weighted by Crippen LogP contribution is 2.38. The number of hydrogen-bond acceptors (Lipinski definition) is 11. The van der Waals surface area contributed by atoms with E-state index in [0.717, 1.165) is 18.2 Å². The smallest absolute Gasteiger partial charge is 0.347 e. The summed E-state index contributed by atoms with van der Waals surface area (Å²) >= 11 is 7.82. The van der Waals surface area contributed by atoms with Crippen molar-refractivity contribution in [3.05, 3.63) is 110 Å². The van der Waals surface area contributed by atoms with Gasteiger partial charge in [-0.2, -0.15) is 0 Å². The molecule has 56 heavy (non-hydrogen) atoms. The molecule has 3 aliphatic rings. The number of nitrogens with one attached hydrogen (secondary N) is 1. The van der Waals surface area contributed by atoms with Gasteiger partial charge in [0.2, 0.25) is 0 Å². The van der Waals surface area contributed by atoms with Crippen molar-refractivity contribution in [1.82, 2.24) is 20.1 Å². The van der Waals surface area contributed by atoms with Crippen molar-refractivity contribution in [1.29, 1.82) is 0 Å². The summed E-state index contributed by atoms with van der Waals surface area (Å²) in [5, 5.41) is 15.0. The van der Waals surface area contributed by atoms with Crippen LogP contribution in [0.5, 0.6) is 17.2 Å². The van der Waals surface area contributed by atoms with Gasteiger partial charge in [-0.1, -0.05) is 17.7 Å². The van der Waals surface area contributed by atoms with E-state index in [-0.39, 0.29) is 58.7 Å². The van der Waals surface area contributed by atoms with Crippen LogP contribution in [0.3, 0.4) is 0 Å². The second-order valence-corrected chi connectivity index (χ2v) is 14.9. The molecule has 13 nitrogen and oxygen atoms in total. The molecule has 4 heterocycles. The number of anilines is 1. The summed E-state index contributed by atoms with van der Waals surface area (Å²) < 4.78 is 60.7. The van der Waals surface area contributed by atoms with E-state index in [1.54, 1.807) is 16.5 Å². The van der Waals surface area contributed by atoms with E-state index in [4.69, 9.17) is 30.8 Å². The molecule has 292 valence electrons. The largest absolute Gasteiger partial charge is 0.478 e. The van der Waals surface area contributed by atoms with Crippen LogP contribution < -0.4 is 19.7 Å². The van der Waals surface area contributed by atoms with Crippen molar-refractivity contribution in [3.8, 4) is 17.2 Å². The molecule has 0 bridgehead atoms. The summed E-state index contributed by atoms with van der Waals surface area (Å²) in [7, 11) is 1.25. The van der Waals surface area contributed by atoms with Gasteiger partial charge in [0.25, 0.3) is 0 Å². The SMILES string of the molecule is COC(=O)C1=C(CN2CCN3C(=O)N(c4ccc(Oc5ccc(OC(C)(C)C(=O)O)cc5F)cc4F)C[C@@H]3C2)NC(c2nccs2)=N[C@H]1c1ccc(F)cc1Cl. The number of aliphatic carboxylic acids is 1. The molecular formula is C38H34ClF3N6O7S. The number of carbonyl (C=O) groups excluding carboxylic acids is 2. The Labute approximate surface area is 327 Å². The molecule has 2 saturated heterocycles. The molecular weight excluding hydrogens is 777 g/mol. The molecule has 3 aromatic carbocycles. The Bertz CT molecular complexity index is 2270. The van der Waals surface area contributed by atoms with E-state index >= 15 is 4.39 Å². The van der Waals surface area contributed by atoms with Crippen molar-refractivity contribution in [2.45, 2.75) is 31.5 Å². The molecule has 2 N–H and O–H groups in total. The summed E-state index contributed by atoms with van der Waals surface area (Å²) in [6.07, 6.45) is 1.62. The van der Waals surface area contributed by atoms with Gasteiger partial charge in [-0.3, -0.25) is 14.8 Å². The van der Waals surface area contributed by atoms with Gasteiger partial charge in [-0.05, 0) is 50.2 Å². The lowest BCUT2D eigenvalue weighted by molar-refractivity contribution is -0.152. The van der Waals surface area contributed by atoms with Crippen LogP contribution in [0.2, 0.25) is 5.02 Å². The van der Waals surface area contributed by atoms with Crippen LogP contribution in [0.25, 0.3) is 0 Å². The number of piperazine rings is 1. The van der Waals surface area contributed by atoms with Crippen LogP contribution in [-0.4, -0.2) is 95.2 Å². The van der Waals surface area contributed by atoms with Crippen LogP contribution in [-0.2, 0) is 14.3 Å². The standard InChI is InChI=1S/C38H34ClF3N6O7S/c1-38(2,36(50)51)55-23-6-9-30(27(42)16-23)54-22-5-8-29(26(41)15-22)48-18-21-17-46(11-12-47(21)37(48)52)19-28-31(35(49)53-3)32(24-7-4-20(40)14-25(24)39)45-33(44-28)34-43-10-13-56-34/h4-10,13-16,21,32H,11-12,17-19H2,1-3H3,(H,44,45)(H,50,51)/t21-,32-/m0/s1. The molecule has 1 aromatic heterocycles. The number of aromatic nitrogens is 1. The highest BCUT2D eigenvalue weighted by molar-refractivity contribution is 7.11. The monoisotopic (exact) mass is 810 g/mol. The summed E-state index contributed by atoms with van der Waals surface area (Å²) in [5.74, 6) is -3.98. The van der Waals surface area contributed by atoms with Crippen molar-refractivity contribution in [2.75, 3.05) is 44.7 Å². The molecule has 2 amide bonds. The maximum absolute atomic E-state index is 15.6. The number of halogens is 4. The van der Waals surface area contributed by atoms with Gasteiger partial charge in [0.05, 0.1) is 24.4 Å². The first-order valence-corrected chi connectivity index (χ1v) is 18.5. The molecule has 0 radical (unpaired) electrons. The number of amidine groups is 1. The maximum atomic E-state index is 15.6. The summed E-state index contributed by atoms with van der Waals surface area (Å²) in [6.45, 7) is 4.12. The summed E-state index contributed by atoms with van der Waals surface area (Å²) in [4.78, 5) is 52.5. The van der Waals surface area contributed by atoms with Crippen molar-refractivity contribution >= 4 is 52.4 Å². The Balaban J connectivity index is 1.07. The second kappa shape index (κ2) is 15.5. The zero-order valence-corrected chi connectivity index (χ0v) is 31.7. The maximum Gasteiger partial charge on any atom is 0.347 e. The number of carboxylic acids is 1. The van der Waals surface area contributed by atoms with Crippen LogP contribution in [0.1, 0.15) is 30.5 Å². The molecule has 18 heteroatoms. The Morgan fingerprint density at radius 3 is 2.48 bits per heavy atom. The minimum atomic E-state index is -1.60. The van der Waals surface area contributed by atoms with Gasteiger partial charge < -0.3 is 29.5 Å². The van der Waals surface area contributed by atoms with E-state index in [1.807, 2.05) is 0 Å². The third kappa shape index (κ3) is 7.74. The second-order valence-electron chi connectivity index (χ2n) is 13.6. The normalized spacial score (nSPS) is 18.7. The quantitative estimate of drug-likeness (QED) is 0.164. The molecule has 3 aliphatic heterocycles. The number of methoxy groups -OCH3 is 1. The van der Waals surface area contributed by atoms with Gasteiger partial charge in [-0.25, -0.2) is 32.5 Å². The first-order valence-electron chi connectivity index (χ1n) is 17.2. The Morgan fingerprint density at radius 2 is 1.80 bits per heavy atom. The Hall–Kier alpha value is -5.65. The lowest BCUT2D eigenvalue weighted by Crippen LogP contribution is -2.53. The third-order valence-corrected chi connectivity index (χ3v) is 10.6. The number of carboxylic acid groups (broad SMARTS) is 1. The summed E-state index contributed by atoms with van der Waals surface area (Å²) in [6, 6.07) is 9.58. The van der Waals surface area contributed by atoms with Gasteiger partial charge in [0.1, 0.15) is 23.4 Å². The number of urea groups is 1. The molecule has 4 aromatic rings. The van der Waals surface area contributed by atoms with Gasteiger partial charge >= 0.3 is 18.0 Å². The predicted molar refractivity (Wildman–Crippen MR) is 200 cm³/mol. The van der Waals surface area contributed by atoms with Gasteiger partial charge in [-0.15, -0.1) is 11.3 Å². The van der Waals surface area contributed by atoms with Gasteiger partial charge in [0.15, 0.2) is 33.8 Å². The number of amides is 2. The van der Waals surface area contributed by atoms with E-state index in [2.05, 4.69) is 15.2 Å². The predicted octanol–water partition coefficient (Wildman–Crippen LogP) is 6.39. The lowest BCUT2D eigenvalue weighted by atomic mass is 9.95. The number of benzene rings is 3. The highest BCUT2D eigenvalue weighted by Gasteiger charge is 2.43. The Kier molecular flexibility index (Phi) is 10.7. The fourth-order valence-corrected chi connectivity index (χ4v) is 7.53. The number of hydrogen-bond donors (Lipinski definition) is 2. The molecule has 0 spiro atoms. The zero-order valence-electron chi connectivity index (χ0n) is 30.1. The minimum Gasteiger partial charge on any atom is -0.478 e. The number of carbonyl (C=O) groups is 3. The number of ether oxygens (including phenoxy) is 3. The van der Waals surface area contributed by atoms with Crippen LogP contribution in [0.15, 0.2) is 82.4 Å². The van der Waals surface area contributed by atoms with Crippen LogP contribution in [0.4, 0.5) is 23.7 Å². The van der Waals surface area contributed by atoms with E-state index in [9.17, 15) is 28.3 Å². The average Bonchev–Trinajstić information content (AvgIpc) is 3.80. The third-order valence-electron chi connectivity index (χ3n) is 9.47.